The molecule has 0 atom stereocenters. The van der Waals surface area contributed by atoms with Crippen LogP contribution in [0.2, 0.25) is 0 Å². The molecule has 0 fully saturated rings. The Bertz CT molecular complexity index is 417. The summed E-state index contributed by atoms with van der Waals surface area (Å²) in [5.41, 5.74) is 1.28. The molecule has 0 aliphatic rings. The Balaban J connectivity index is 0.00000128. The van der Waals surface area contributed by atoms with Crippen molar-refractivity contribution in [1.29, 1.82) is 0 Å². The first-order valence-electron chi connectivity index (χ1n) is 4.99. The second-order valence-electron chi connectivity index (χ2n) is 3.47. The second kappa shape index (κ2) is 8.48. The SMILES string of the molecule is Cc1ccc(CNCc2ccncc2)s1.Cl.Cl. The number of aromatic nitrogens is 1. The highest BCUT2D eigenvalue weighted by Gasteiger charge is 1.96. The van der Waals surface area contributed by atoms with Crippen LogP contribution in [-0.2, 0) is 13.1 Å². The van der Waals surface area contributed by atoms with E-state index < -0.39 is 0 Å². The summed E-state index contributed by atoms with van der Waals surface area (Å²) >= 11 is 1.85. The minimum absolute atomic E-state index is 0. The van der Waals surface area contributed by atoms with Crippen molar-refractivity contribution in [1.82, 2.24) is 10.3 Å². The zero-order valence-corrected chi connectivity index (χ0v) is 12.0. The van der Waals surface area contributed by atoms with Crippen molar-refractivity contribution in [3.05, 3.63) is 52.0 Å². The molecule has 0 aliphatic heterocycles. The number of rotatable bonds is 4. The van der Waals surface area contributed by atoms with Crippen molar-refractivity contribution in [2.24, 2.45) is 0 Å². The first-order chi connectivity index (χ1) is 7.34. The average molecular weight is 291 g/mol. The molecule has 0 saturated heterocycles. The van der Waals surface area contributed by atoms with Gasteiger partial charge in [0.1, 0.15) is 0 Å². The van der Waals surface area contributed by atoms with Gasteiger partial charge in [-0.2, -0.15) is 0 Å². The molecule has 1 N–H and O–H groups in total. The molecule has 2 aromatic rings. The molecule has 2 heterocycles. The molecule has 0 bridgehead atoms. The van der Waals surface area contributed by atoms with Gasteiger partial charge in [-0.1, -0.05) is 0 Å². The molecule has 94 valence electrons. The molecule has 0 aromatic carbocycles. The van der Waals surface area contributed by atoms with Crippen LogP contribution in [0.1, 0.15) is 15.3 Å². The van der Waals surface area contributed by atoms with Crippen LogP contribution in [0.3, 0.4) is 0 Å². The molecule has 0 radical (unpaired) electrons. The first-order valence-corrected chi connectivity index (χ1v) is 5.81. The highest BCUT2D eigenvalue weighted by atomic mass is 35.5. The van der Waals surface area contributed by atoms with Crippen molar-refractivity contribution in [2.45, 2.75) is 20.0 Å². The third kappa shape index (κ3) is 5.50. The van der Waals surface area contributed by atoms with E-state index in [1.54, 1.807) is 0 Å². The summed E-state index contributed by atoms with van der Waals surface area (Å²) in [6.45, 7) is 3.98. The summed E-state index contributed by atoms with van der Waals surface area (Å²) in [5.74, 6) is 0. The standard InChI is InChI=1S/C12H14N2S.2ClH/c1-10-2-3-12(15-10)9-14-8-11-4-6-13-7-5-11;;/h2-7,14H,8-9H2,1H3;2*1H. The first kappa shape index (κ1) is 16.4. The normalized spacial score (nSPS) is 9.24. The predicted octanol–water partition coefficient (Wildman–Crippen LogP) is 3.58. The molecule has 0 saturated carbocycles. The summed E-state index contributed by atoms with van der Waals surface area (Å²) in [7, 11) is 0. The van der Waals surface area contributed by atoms with Gasteiger partial charge < -0.3 is 5.32 Å². The quantitative estimate of drug-likeness (QED) is 0.931. The summed E-state index contributed by atoms with van der Waals surface area (Å²) in [6, 6.07) is 8.41. The Kier molecular flexibility index (Phi) is 8.17. The van der Waals surface area contributed by atoms with Crippen LogP contribution in [0.15, 0.2) is 36.7 Å². The van der Waals surface area contributed by atoms with Gasteiger partial charge in [-0.25, -0.2) is 0 Å². The van der Waals surface area contributed by atoms with Gasteiger partial charge in [0, 0.05) is 35.2 Å². The number of hydrogen-bond donors (Lipinski definition) is 1. The number of thiophene rings is 1. The van der Waals surface area contributed by atoms with Crippen LogP contribution < -0.4 is 5.32 Å². The van der Waals surface area contributed by atoms with Gasteiger partial charge in [-0.05, 0) is 36.8 Å². The second-order valence-corrected chi connectivity index (χ2v) is 4.84. The molecular weight excluding hydrogens is 275 g/mol. The Labute approximate surface area is 118 Å². The lowest BCUT2D eigenvalue weighted by Crippen LogP contribution is -2.11. The van der Waals surface area contributed by atoms with E-state index >= 15 is 0 Å². The monoisotopic (exact) mass is 290 g/mol. The Morgan fingerprint density at radius 3 is 2.35 bits per heavy atom. The number of nitrogens with zero attached hydrogens (tertiary/aromatic N) is 1. The Morgan fingerprint density at radius 2 is 1.76 bits per heavy atom. The van der Waals surface area contributed by atoms with E-state index in [2.05, 4.69) is 29.4 Å². The van der Waals surface area contributed by atoms with Crippen LogP contribution >= 0.6 is 36.2 Å². The highest BCUT2D eigenvalue weighted by molar-refractivity contribution is 7.11. The molecule has 2 aromatic heterocycles. The number of aryl methyl sites for hydroxylation is 1. The Hall–Kier alpha value is -0.610. The van der Waals surface area contributed by atoms with E-state index in [9.17, 15) is 0 Å². The van der Waals surface area contributed by atoms with Crippen LogP contribution in [0.5, 0.6) is 0 Å². The van der Waals surface area contributed by atoms with Crippen LogP contribution in [0, 0.1) is 6.92 Å². The number of pyridine rings is 1. The molecule has 0 aliphatic carbocycles. The van der Waals surface area contributed by atoms with E-state index in [1.807, 2.05) is 35.9 Å². The summed E-state index contributed by atoms with van der Waals surface area (Å²) in [5, 5.41) is 3.41. The molecule has 5 heteroatoms. The van der Waals surface area contributed by atoms with E-state index in [-0.39, 0.29) is 24.8 Å². The van der Waals surface area contributed by atoms with Crippen molar-refractivity contribution in [3.63, 3.8) is 0 Å². The van der Waals surface area contributed by atoms with Crippen LogP contribution in [0.25, 0.3) is 0 Å². The van der Waals surface area contributed by atoms with E-state index in [1.165, 1.54) is 15.3 Å². The summed E-state index contributed by atoms with van der Waals surface area (Å²) in [6.07, 6.45) is 3.65. The van der Waals surface area contributed by atoms with Gasteiger partial charge in [0.05, 0.1) is 0 Å². The molecular formula is C12H16Cl2N2S. The third-order valence-electron chi connectivity index (χ3n) is 2.17. The van der Waals surface area contributed by atoms with Gasteiger partial charge in [-0.3, -0.25) is 4.98 Å². The molecule has 2 rings (SSSR count). The van der Waals surface area contributed by atoms with Gasteiger partial charge in [0.15, 0.2) is 0 Å². The van der Waals surface area contributed by atoms with E-state index in [4.69, 9.17) is 0 Å². The summed E-state index contributed by atoms with van der Waals surface area (Å²) in [4.78, 5) is 6.75. The maximum absolute atomic E-state index is 3.99. The minimum atomic E-state index is 0. The van der Waals surface area contributed by atoms with Crippen LogP contribution in [0.4, 0.5) is 0 Å². The van der Waals surface area contributed by atoms with Crippen molar-refractivity contribution in [3.8, 4) is 0 Å². The number of hydrogen-bond acceptors (Lipinski definition) is 3. The van der Waals surface area contributed by atoms with Crippen molar-refractivity contribution >= 4 is 36.2 Å². The predicted molar refractivity (Wildman–Crippen MR) is 78.3 cm³/mol. The lowest BCUT2D eigenvalue weighted by atomic mass is 10.3. The van der Waals surface area contributed by atoms with Gasteiger partial charge in [0.2, 0.25) is 0 Å². The average Bonchev–Trinajstić information content (AvgIpc) is 2.66. The fourth-order valence-electron chi connectivity index (χ4n) is 1.41. The molecule has 0 spiro atoms. The fourth-order valence-corrected chi connectivity index (χ4v) is 2.27. The highest BCUT2D eigenvalue weighted by Crippen LogP contribution is 2.14. The number of halogens is 2. The Morgan fingerprint density at radius 1 is 1.06 bits per heavy atom. The largest absolute Gasteiger partial charge is 0.308 e. The van der Waals surface area contributed by atoms with Crippen LogP contribution in [-0.4, -0.2) is 4.98 Å². The van der Waals surface area contributed by atoms with Crippen molar-refractivity contribution in [2.75, 3.05) is 0 Å². The maximum atomic E-state index is 3.99. The van der Waals surface area contributed by atoms with Gasteiger partial charge in [-0.15, -0.1) is 36.2 Å². The van der Waals surface area contributed by atoms with Gasteiger partial charge in [0.25, 0.3) is 0 Å². The zero-order valence-electron chi connectivity index (χ0n) is 9.55. The maximum Gasteiger partial charge on any atom is 0.0303 e. The topological polar surface area (TPSA) is 24.9 Å². The lowest BCUT2D eigenvalue weighted by Gasteiger charge is -2.02. The summed E-state index contributed by atoms with van der Waals surface area (Å²) < 4.78 is 0. The number of nitrogens with one attached hydrogen (secondary N) is 1. The zero-order chi connectivity index (χ0) is 10.5. The molecule has 0 unspecified atom stereocenters. The lowest BCUT2D eigenvalue weighted by molar-refractivity contribution is 0.700. The molecule has 17 heavy (non-hydrogen) atoms. The van der Waals surface area contributed by atoms with E-state index in [0.717, 1.165) is 13.1 Å². The van der Waals surface area contributed by atoms with E-state index in [0.29, 0.717) is 0 Å². The molecule has 2 nitrogen and oxygen atoms in total. The third-order valence-corrected chi connectivity index (χ3v) is 3.17. The van der Waals surface area contributed by atoms with Crippen molar-refractivity contribution < 1.29 is 0 Å². The molecule has 0 amide bonds. The van der Waals surface area contributed by atoms with Gasteiger partial charge >= 0.3 is 0 Å². The fraction of sp³-hybridized carbons (Fsp3) is 0.250. The minimum Gasteiger partial charge on any atom is -0.308 e. The smallest absolute Gasteiger partial charge is 0.0303 e.